The maximum Gasteiger partial charge on any atom is 0.312 e. The Morgan fingerprint density at radius 2 is 1.76 bits per heavy atom. The molecule has 0 unspecified atom stereocenters. The number of fused-ring (bicyclic) bond motifs is 4. The van der Waals surface area contributed by atoms with Crippen LogP contribution >= 0.6 is 0 Å². The number of hydrogen-bond acceptors (Lipinski definition) is 9. The Labute approximate surface area is 207 Å². The van der Waals surface area contributed by atoms with E-state index in [4.69, 9.17) is 18.3 Å². The molecule has 1 aliphatic heterocycles. The Kier molecular flexibility index (Phi) is 5.01. The summed E-state index contributed by atoms with van der Waals surface area (Å²) in [6, 6.07) is 14.8. The molecule has 0 saturated heterocycles. The maximum atomic E-state index is 13.6. The molecule has 37 heavy (non-hydrogen) atoms. The van der Waals surface area contributed by atoms with Gasteiger partial charge >= 0.3 is 5.97 Å². The number of aromatic hydroxyl groups is 2. The normalized spacial score (nSPS) is 14.9. The molecule has 0 aliphatic carbocycles. The summed E-state index contributed by atoms with van der Waals surface area (Å²) in [5.41, 5.74) is -0.116. The van der Waals surface area contributed by atoms with E-state index in [1.54, 1.807) is 42.5 Å². The molecule has 0 fully saturated rings. The molecule has 0 bridgehead atoms. The highest BCUT2D eigenvalue weighted by molar-refractivity contribution is 5.96. The second-order valence-electron chi connectivity index (χ2n) is 8.60. The molecule has 5 aromatic rings. The van der Waals surface area contributed by atoms with Crippen LogP contribution in [0.3, 0.4) is 0 Å². The second kappa shape index (κ2) is 8.27. The molecule has 2 aromatic heterocycles. The molecule has 1 atom stereocenters. The van der Waals surface area contributed by atoms with Gasteiger partial charge in [0.2, 0.25) is 5.75 Å². The third-order valence-electron chi connectivity index (χ3n) is 6.49. The molecule has 3 aromatic carbocycles. The Balaban J connectivity index is 1.69. The van der Waals surface area contributed by atoms with Crippen LogP contribution in [0.4, 0.5) is 0 Å². The number of carbonyl (C=O) groups excluding carboxylic acids is 1. The average Bonchev–Trinajstić information content (AvgIpc) is 2.91. The summed E-state index contributed by atoms with van der Waals surface area (Å²) in [6.07, 6.45) is 0.935. The van der Waals surface area contributed by atoms with Gasteiger partial charge in [-0.1, -0.05) is 30.3 Å². The summed E-state index contributed by atoms with van der Waals surface area (Å²) in [7, 11) is 1.47. The summed E-state index contributed by atoms with van der Waals surface area (Å²) in [4.78, 5) is 39.3. The predicted octanol–water partition coefficient (Wildman–Crippen LogP) is 4.43. The number of phenols is 2. The fourth-order valence-electron chi connectivity index (χ4n) is 4.71. The first-order valence-corrected chi connectivity index (χ1v) is 11.3. The summed E-state index contributed by atoms with van der Waals surface area (Å²) in [5.74, 6) is -3.10. The predicted molar refractivity (Wildman–Crippen MR) is 132 cm³/mol. The summed E-state index contributed by atoms with van der Waals surface area (Å²) in [5, 5.41) is 21.3. The first-order chi connectivity index (χ1) is 17.9. The van der Waals surface area contributed by atoms with Gasteiger partial charge in [-0.15, -0.1) is 0 Å². The van der Waals surface area contributed by atoms with Crippen LogP contribution in [0.1, 0.15) is 23.5 Å². The largest absolute Gasteiger partial charge is 0.504 e. The number of ether oxygens (including phenoxy) is 2. The van der Waals surface area contributed by atoms with E-state index in [0.29, 0.717) is 16.9 Å². The highest BCUT2D eigenvalue weighted by atomic mass is 16.5. The van der Waals surface area contributed by atoms with Gasteiger partial charge in [0, 0.05) is 23.1 Å². The SMILES string of the molecule is COc1ccc2occ([C@@H]3CC(=O)Oc4c(O)c(O)c5c(=O)cc(-c6ccccc6)oc5c43)c(=O)c2c1. The number of carbonyl (C=O) groups is 1. The van der Waals surface area contributed by atoms with Gasteiger partial charge in [0.25, 0.3) is 0 Å². The summed E-state index contributed by atoms with van der Waals surface area (Å²) in [6.45, 7) is 0. The van der Waals surface area contributed by atoms with E-state index in [-0.39, 0.29) is 45.4 Å². The number of phenolic OH excluding ortho intramolecular Hbond substituents is 2. The van der Waals surface area contributed by atoms with E-state index in [2.05, 4.69) is 0 Å². The molecule has 0 radical (unpaired) electrons. The van der Waals surface area contributed by atoms with Crippen molar-refractivity contribution in [1.29, 1.82) is 0 Å². The molecule has 6 rings (SSSR count). The van der Waals surface area contributed by atoms with Crippen LogP contribution in [0.15, 0.2) is 79.3 Å². The van der Waals surface area contributed by atoms with Gasteiger partial charge < -0.3 is 28.5 Å². The van der Waals surface area contributed by atoms with Crippen LogP contribution in [0, 0.1) is 0 Å². The zero-order chi connectivity index (χ0) is 25.8. The van der Waals surface area contributed by atoms with Crippen molar-refractivity contribution in [3.63, 3.8) is 0 Å². The molecule has 9 nitrogen and oxygen atoms in total. The Hall–Kier alpha value is -5.05. The lowest BCUT2D eigenvalue weighted by Crippen LogP contribution is -2.25. The molecule has 9 heteroatoms. The van der Waals surface area contributed by atoms with Gasteiger partial charge in [-0.05, 0) is 18.2 Å². The molecular weight excluding hydrogens is 480 g/mol. The van der Waals surface area contributed by atoms with Crippen LogP contribution in [0.25, 0.3) is 33.3 Å². The number of rotatable bonds is 3. The van der Waals surface area contributed by atoms with Crippen molar-refractivity contribution in [2.45, 2.75) is 12.3 Å². The smallest absolute Gasteiger partial charge is 0.312 e. The molecular formula is C28H18O9. The Morgan fingerprint density at radius 1 is 0.973 bits per heavy atom. The number of hydrogen-bond donors (Lipinski definition) is 2. The number of methoxy groups -OCH3 is 1. The Morgan fingerprint density at radius 3 is 2.51 bits per heavy atom. The van der Waals surface area contributed by atoms with Gasteiger partial charge in [-0.25, -0.2) is 0 Å². The lowest BCUT2D eigenvalue weighted by atomic mass is 9.85. The molecule has 1 aliphatic rings. The molecule has 0 saturated carbocycles. The van der Waals surface area contributed by atoms with E-state index in [1.807, 2.05) is 0 Å². The van der Waals surface area contributed by atoms with Crippen LogP contribution < -0.4 is 20.3 Å². The van der Waals surface area contributed by atoms with Crippen molar-refractivity contribution in [2.24, 2.45) is 0 Å². The topological polar surface area (TPSA) is 136 Å². The van der Waals surface area contributed by atoms with Crippen molar-refractivity contribution in [3.05, 3.63) is 92.4 Å². The summed E-state index contributed by atoms with van der Waals surface area (Å²) >= 11 is 0. The van der Waals surface area contributed by atoms with Gasteiger partial charge in [0.15, 0.2) is 22.4 Å². The van der Waals surface area contributed by atoms with Crippen molar-refractivity contribution < 1.29 is 33.3 Å². The van der Waals surface area contributed by atoms with Gasteiger partial charge in [0.1, 0.15) is 28.1 Å². The lowest BCUT2D eigenvalue weighted by molar-refractivity contribution is -0.135. The van der Waals surface area contributed by atoms with Crippen molar-refractivity contribution >= 4 is 27.9 Å². The van der Waals surface area contributed by atoms with Gasteiger partial charge in [-0.3, -0.25) is 14.4 Å². The van der Waals surface area contributed by atoms with Crippen LogP contribution in [0.5, 0.6) is 23.0 Å². The minimum atomic E-state index is -1.01. The second-order valence-corrected chi connectivity index (χ2v) is 8.60. The van der Waals surface area contributed by atoms with E-state index in [9.17, 15) is 24.6 Å². The average molecular weight is 498 g/mol. The third kappa shape index (κ3) is 3.43. The first-order valence-electron chi connectivity index (χ1n) is 11.3. The van der Waals surface area contributed by atoms with E-state index >= 15 is 0 Å². The highest BCUT2D eigenvalue weighted by Crippen LogP contribution is 2.51. The lowest BCUT2D eigenvalue weighted by Gasteiger charge is -2.26. The van der Waals surface area contributed by atoms with Crippen molar-refractivity contribution in [2.75, 3.05) is 7.11 Å². The van der Waals surface area contributed by atoms with E-state index in [0.717, 1.165) is 0 Å². The fraction of sp³-hybridized carbons (Fsp3) is 0.107. The van der Waals surface area contributed by atoms with Crippen LogP contribution in [-0.2, 0) is 4.79 Å². The van der Waals surface area contributed by atoms with E-state index in [1.165, 1.54) is 25.5 Å². The number of esters is 1. The Bertz CT molecular complexity index is 1850. The van der Waals surface area contributed by atoms with Gasteiger partial charge in [0.05, 0.1) is 30.7 Å². The maximum absolute atomic E-state index is 13.6. The van der Waals surface area contributed by atoms with Crippen molar-refractivity contribution in [3.8, 4) is 34.3 Å². The third-order valence-corrected chi connectivity index (χ3v) is 6.49. The minimum Gasteiger partial charge on any atom is -0.504 e. The van der Waals surface area contributed by atoms with Crippen LogP contribution in [-0.4, -0.2) is 23.3 Å². The molecule has 0 spiro atoms. The monoisotopic (exact) mass is 498 g/mol. The zero-order valence-electron chi connectivity index (χ0n) is 19.3. The van der Waals surface area contributed by atoms with Gasteiger partial charge in [-0.2, -0.15) is 0 Å². The standard InChI is InChI=1S/C28H18O9/c1-34-14-7-8-19-16(9-14)24(31)17(12-35-19)15-10-21(30)37-28-22(15)27-23(25(32)26(28)33)18(29)11-20(36-27)13-5-3-2-4-6-13/h2-9,11-12,15,32-33H,10H2,1H3/t15-/m0/s1. The fourth-order valence-corrected chi connectivity index (χ4v) is 4.71. The quantitative estimate of drug-likeness (QED) is 0.210. The molecule has 3 heterocycles. The van der Waals surface area contributed by atoms with Crippen LogP contribution in [0.2, 0.25) is 0 Å². The molecule has 2 N–H and O–H groups in total. The minimum absolute atomic E-state index is 0.0781. The first kappa shape index (κ1) is 22.4. The summed E-state index contributed by atoms with van der Waals surface area (Å²) < 4.78 is 22.3. The zero-order valence-corrected chi connectivity index (χ0v) is 19.3. The highest BCUT2D eigenvalue weighted by Gasteiger charge is 2.38. The van der Waals surface area contributed by atoms with E-state index < -0.39 is 34.2 Å². The molecule has 184 valence electrons. The van der Waals surface area contributed by atoms with Crippen molar-refractivity contribution in [1.82, 2.24) is 0 Å². The molecule has 0 amide bonds. The number of benzene rings is 3.